The minimum absolute atomic E-state index is 0.191. The van der Waals surface area contributed by atoms with E-state index >= 15 is 0 Å². The Morgan fingerprint density at radius 2 is 2.05 bits per heavy atom. The van der Waals surface area contributed by atoms with Crippen LogP contribution >= 0.6 is 11.8 Å². The van der Waals surface area contributed by atoms with Gasteiger partial charge in [-0.2, -0.15) is 11.8 Å². The van der Waals surface area contributed by atoms with Gasteiger partial charge >= 0.3 is 12.0 Å². The number of unbranched alkanes of at least 4 members (excludes halogenated alkanes) is 2. The molecule has 1 aliphatic heterocycles. The van der Waals surface area contributed by atoms with Crippen LogP contribution in [0.1, 0.15) is 32.1 Å². The fraction of sp³-hybridized carbons (Fsp3) is 0.846. The molecule has 1 rings (SSSR count). The normalized spacial score (nSPS) is 21.6. The Bertz CT molecular complexity index is 315. The maximum Gasteiger partial charge on any atom is 0.332 e. The number of aliphatic carboxylic acids is 1. The number of thioether (sulfide) groups is 1. The van der Waals surface area contributed by atoms with Crippen molar-refractivity contribution < 1.29 is 19.4 Å². The minimum atomic E-state index is -0.929. The third kappa shape index (κ3) is 7.00. The van der Waals surface area contributed by atoms with Gasteiger partial charge in [-0.3, -0.25) is 0 Å². The molecule has 0 aromatic heterocycles. The molecule has 7 heteroatoms. The lowest BCUT2D eigenvalue weighted by Crippen LogP contribution is -2.40. The molecule has 0 spiro atoms. The van der Waals surface area contributed by atoms with Crippen LogP contribution in [0.5, 0.6) is 0 Å². The van der Waals surface area contributed by atoms with Crippen LogP contribution in [0.2, 0.25) is 0 Å². The fourth-order valence-electron chi connectivity index (χ4n) is 2.06. The van der Waals surface area contributed by atoms with Crippen LogP contribution < -0.4 is 10.6 Å². The fourth-order valence-corrected chi connectivity index (χ4v) is 2.55. The number of carboxylic acids is 1. The summed E-state index contributed by atoms with van der Waals surface area (Å²) < 4.78 is 5.30. The molecule has 0 aromatic rings. The molecule has 116 valence electrons. The lowest BCUT2D eigenvalue weighted by atomic mass is 10.2. The van der Waals surface area contributed by atoms with Gasteiger partial charge in [-0.1, -0.05) is 6.42 Å². The van der Waals surface area contributed by atoms with Crippen LogP contribution in [0, 0.1) is 0 Å². The predicted octanol–water partition coefficient (Wildman–Crippen LogP) is 1.45. The van der Waals surface area contributed by atoms with Gasteiger partial charge in [0, 0.05) is 13.1 Å². The molecule has 1 aliphatic rings. The molecular formula is C13H24N2O4S. The average Bonchev–Trinajstić information content (AvgIpc) is 2.89. The van der Waals surface area contributed by atoms with Crippen LogP contribution in [-0.4, -0.2) is 54.4 Å². The largest absolute Gasteiger partial charge is 0.479 e. The zero-order chi connectivity index (χ0) is 14.8. The van der Waals surface area contributed by atoms with Crippen molar-refractivity contribution in [2.24, 2.45) is 0 Å². The van der Waals surface area contributed by atoms with Gasteiger partial charge in [0.05, 0.1) is 6.10 Å². The molecule has 3 N–H and O–H groups in total. The van der Waals surface area contributed by atoms with Crippen molar-refractivity contribution in [3.8, 4) is 0 Å². The first-order chi connectivity index (χ1) is 9.63. The summed E-state index contributed by atoms with van der Waals surface area (Å²) in [6.07, 6.45) is 5.64. The zero-order valence-electron chi connectivity index (χ0n) is 11.9. The van der Waals surface area contributed by atoms with E-state index in [2.05, 4.69) is 16.9 Å². The second kappa shape index (κ2) is 9.88. The third-order valence-corrected chi connectivity index (χ3v) is 3.88. The highest BCUT2D eigenvalue weighted by Crippen LogP contribution is 2.19. The van der Waals surface area contributed by atoms with E-state index in [9.17, 15) is 9.59 Å². The number of carbonyl (C=O) groups is 2. The zero-order valence-corrected chi connectivity index (χ0v) is 12.7. The van der Waals surface area contributed by atoms with Gasteiger partial charge in [0.25, 0.3) is 0 Å². The maximum absolute atomic E-state index is 11.5. The highest BCUT2D eigenvalue weighted by molar-refractivity contribution is 7.98. The summed E-state index contributed by atoms with van der Waals surface area (Å²) in [6, 6.07) is -0.211. The second-order valence-corrected chi connectivity index (χ2v) is 5.84. The molecule has 2 unspecified atom stereocenters. The van der Waals surface area contributed by atoms with Crippen molar-refractivity contribution in [1.82, 2.24) is 10.6 Å². The summed E-state index contributed by atoms with van der Waals surface area (Å²) in [6.45, 7) is 1.03. The Morgan fingerprint density at radius 3 is 2.70 bits per heavy atom. The summed E-state index contributed by atoms with van der Waals surface area (Å²) in [5.41, 5.74) is 0. The Labute approximate surface area is 124 Å². The minimum Gasteiger partial charge on any atom is -0.479 e. The van der Waals surface area contributed by atoms with Gasteiger partial charge in [-0.15, -0.1) is 0 Å². The number of carbonyl (C=O) groups excluding carboxylic acids is 1. The van der Waals surface area contributed by atoms with Crippen molar-refractivity contribution in [3.63, 3.8) is 0 Å². The monoisotopic (exact) mass is 304 g/mol. The summed E-state index contributed by atoms with van der Waals surface area (Å²) in [5.74, 6) is 0.234. The molecule has 20 heavy (non-hydrogen) atoms. The van der Waals surface area contributed by atoms with Gasteiger partial charge in [-0.25, -0.2) is 9.59 Å². The molecule has 0 aliphatic carbocycles. The van der Waals surface area contributed by atoms with Crippen LogP contribution in [0.15, 0.2) is 0 Å². The van der Waals surface area contributed by atoms with Crippen LogP contribution in [-0.2, 0) is 9.53 Å². The van der Waals surface area contributed by atoms with Crippen molar-refractivity contribution in [2.75, 3.05) is 25.1 Å². The maximum atomic E-state index is 11.5. The molecule has 2 atom stereocenters. The van der Waals surface area contributed by atoms with Crippen LogP contribution in [0.25, 0.3) is 0 Å². The van der Waals surface area contributed by atoms with Crippen molar-refractivity contribution in [1.29, 1.82) is 0 Å². The molecule has 1 saturated heterocycles. The molecule has 6 nitrogen and oxygen atoms in total. The first-order valence-corrected chi connectivity index (χ1v) is 8.41. The summed E-state index contributed by atoms with van der Waals surface area (Å²) >= 11 is 1.83. The van der Waals surface area contributed by atoms with E-state index in [1.807, 2.05) is 11.8 Å². The lowest BCUT2D eigenvalue weighted by Gasteiger charge is -2.13. The number of carboxylic acid groups (broad SMARTS) is 1. The Morgan fingerprint density at radius 1 is 1.25 bits per heavy atom. The number of nitrogens with one attached hydrogen (secondary N) is 2. The Kier molecular flexibility index (Phi) is 8.45. The molecule has 0 aromatic carbocycles. The topological polar surface area (TPSA) is 87.7 Å². The highest BCUT2D eigenvalue weighted by Gasteiger charge is 2.30. The SMILES string of the molecule is CSCCCCCNC(=O)NCC1CCC(C(=O)O)O1. The Balaban J connectivity index is 1.99. The smallest absolute Gasteiger partial charge is 0.332 e. The van der Waals surface area contributed by atoms with E-state index in [4.69, 9.17) is 9.84 Å². The molecule has 0 radical (unpaired) electrons. The van der Waals surface area contributed by atoms with Gasteiger partial charge in [0.15, 0.2) is 6.10 Å². The van der Waals surface area contributed by atoms with E-state index in [-0.39, 0.29) is 12.1 Å². The van der Waals surface area contributed by atoms with Crippen LogP contribution in [0.4, 0.5) is 4.79 Å². The number of ether oxygens (including phenoxy) is 1. The molecule has 1 fully saturated rings. The number of urea groups is 1. The van der Waals surface area contributed by atoms with Crippen molar-refractivity contribution in [2.45, 2.75) is 44.3 Å². The summed E-state index contributed by atoms with van der Waals surface area (Å²) in [5, 5.41) is 14.3. The van der Waals surface area contributed by atoms with Crippen molar-refractivity contribution >= 4 is 23.8 Å². The quantitative estimate of drug-likeness (QED) is 0.561. The van der Waals surface area contributed by atoms with Crippen LogP contribution in [0.3, 0.4) is 0 Å². The van der Waals surface area contributed by atoms with Crippen molar-refractivity contribution in [3.05, 3.63) is 0 Å². The molecule has 2 amide bonds. The van der Waals surface area contributed by atoms with Gasteiger partial charge in [0.2, 0.25) is 0 Å². The summed E-state index contributed by atoms with van der Waals surface area (Å²) in [7, 11) is 0. The van der Waals surface area contributed by atoms with Gasteiger partial charge in [0.1, 0.15) is 0 Å². The van der Waals surface area contributed by atoms with E-state index < -0.39 is 12.1 Å². The second-order valence-electron chi connectivity index (χ2n) is 4.85. The molecule has 1 heterocycles. The Hall–Kier alpha value is -0.950. The number of amides is 2. The van der Waals surface area contributed by atoms with E-state index in [1.165, 1.54) is 6.42 Å². The molecule has 0 bridgehead atoms. The first kappa shape index (κ1) is 17.1. The highest BCUT2D eigenvalue weighted by atomic mass is 32.2. The van der Waals surface area contributed by atoms with Gasteiger partial charge in [-0.05, 0) is 37.7 Å². The standard InChI is InChI=1S/C13H24N2O4S/c1-20-8-4-2-3-7-14-13(18)15-9-10-5-6-11(19-10)12(16)17/h10-11H,2-9H2,1H3,(H,16,17)(H2,14,15,18). The third-order valence-electron chi connectivity index (χ3n) is 3.18. The van der Waals surface area contributed by atoms with E-state index in [0.29, 0.717) is 25.9 Å². The summed E-state index contributed by atoms with van der Waals surface area (Å²) in [4.78, 5) is 22.2. The predicted molar refractivity (Wildman–Crippen MR) is 79.2 cm³/mol. The number of rotatable bonds is 9. The molecule has 0 saturated carbocycles. The number of hydrogen-bond donors (Lipinski definition) is 3. The van der Waals surface area contributed by atoms with E-state index in [1.54, 1.807) is 0 Å². The molecular weight excluding hydrogens is 280 g/mol. The first-order valence-electron chi connectivity index (χ1n) is 7.02. The van der Waals surface area contributed by atoms with Gasteiger partial charge < -0.3 is 20.5 Å². The lowest BCUT2D eigenvalue weighted by molar-refractivity contribution is -0.149. The average molecular weight is 304 g/mol. The van der Waals surface area contributed by atoms with E-state index in [0.717, 1.165) is 18.6 Å². The number of hydrogen-bond acceptors (Lipinski definition) is 4.